The second-order valence-electron chi connectivity index (χ2n) is 4.43. The smallest absolute Gasteiger partial charge is 0.378 e. The highest BCUT2D eigenvalue weighted by molar-refractivity contribution is 7.52. The van der Waals surface area contributed by atoms with Crippen molar-refractivity contribution in [2.24, 2.45) is 4.76 Å². The zero-order valence-electron chi connectivity index (χ0n) is 12.0. The van der Waals surface area contributed by atoms with Crippen LogP contribution in [0.2, 0.25) is 0 Å². The Bertz CT molecular complexity index is 352. The Labute approximate surface area is 119 Å². The van der Waals surface area contributed by atoms with Gasteiger partial charge < -0.3 is 19.3 Å². The molecule has 0 aliphatic carbocycles. The molecule has 2 aliphatic heterocycles. The lowest BCUT2D eigenvalue weighted by Crippen LogP contribution is -2.52. The number of morpholine rings is 2. The highest BCUT2D eigenvalue weighted by atomic mass is 31.2. The number of hydrogen-bond donors (Lipinski definition) is 0. The summed E-state index contributed by atoms with van der Waals surface area (Å²) in [5.74, 6) is 0.642. The summed E-state index contributed by atoms with van der Waals surface area (Å²) in [5.41, 5.74) is 0. The van der Waals surface area contributed by atoms with E-state index in [9.17, 15) is 4.57 Å². The molecule has 2 saturated heterocycles. The van der Waals surface area contributed by atoms with Crippen LogP contribution in [-0.2, 0) is 23.1 Å². The highest BCUT2D eigenvalue weighted by Crippen LogP contribution is 2.48. The molecule has 0 N–H and O–H groups in total. The van der Waals surface area contributed by atoms with Gasteiger partial charge in [-0.25, -0.2) is 4.57 Å². The van der Waals surface area contributed by atoms with E-state index in [-0.39, 0.29) is 0 Å². The average Bonchev–Trinajstić information content (AvgIpc) is 2.54. The summed E-state index contributed by atoms with van der Waals surface area (Å²) in [4.78, 5) is 4.11. The van der Waals surface area contributed by atoms with E-state index in [1.54, 1.807) is 0 Å². The van der Waals surface area contributed by atoms with Gasteiger partial charge in [0.25, 0.3) is 0 Å². The minimum Gasteiger partial charge on any atom is -0.378 e. The minimum absolute atomic E-state index is 0.633. The van der Waals surface area contributed by atoms with Gasteiger partial charge in [-0.2, -0.15) is 0 Å². The third kappa shape index (κ3) is 3.93. The molecule has 2 aliphatic rings. The summed E-state index contributed by atoms with van der Waals surface area (Å²) in [6, 6.07) is 0. The average molecular weight is 307 g/mol. The molecule has 0 unspecified atom stereocenters. The fourth-order valence-corrected chi connectivity index (χ4v) is 2.90. The van der Waals surface area contributed by atoms with Gasteiger partial charge in [0.1, 0.15) is 0 Å². The van der Waals surface area contributed by atoms with Crippen LogP contribution in [0.3, 0.4) is 0 Å². The van der Waals surface area contributed by atoms with E-state index < -0.39 is 7.75 Å². The Morgan fingerprint density at radius 3 is 1.70 bits per heavy atom. The van der Waals surface area contributed by atoms with E-state index in [2.05, 4.69) is 14.6 Å². The molecule has 0 aromatic carbocycles. The molecule has 0 radical (unpaired) electrons. The zero-order valence-corrected chi connectivity index (χ0v) is 12.9. The van der Waals surface area contributed by atoms with E-state index in [1.165, 1.54) is 14.2 Å². The summed E-state index contributed by atoms with van der Waals surface area (Å²) in [6.07, 6.45) is 0. The number of nitrogens with zero attached hydrogens (tertiary/aromatic N) is 3. The minimum atomic E-state index is -3.45. The predicted molar refractivity (Wildman–Crippen MR) is 73.8 cm³/mol. The lowest BCUT2D eigenvalue weighted by atomic mass is 10.4. The Balaban J connectivity index is 2.22. The Hall–Kier alpha value is -0.660. The molecule has 0 spiro atoms. The topological polar surface area (TPSA) is 72.8 Å². The summed E-state index contributed by atoms with van der Waals surface area (Å²) < 4.78 is 37.1. The molecule has 116 valence electrons. The molecule has 9 heteroatoms. The van der Waals surface area contributed by atoms with Gasteiger partial charge in [0.15, 0.2) is 0 Å². The van der Waals surface area contributed by atoms with Crippen molar-refractivity contribution >= 4 is 13.7 Å². The standard InChI is InChI=1S/C11H22N3O5P/c1-16-20(15,17-2)12-11(13-3-7-18-8-4-13)14-5-9-19-10-6-14/h3-10H2,1-2H3. The molecule has 0 atom stereocenters. The maximum atomic E-state index is 12.3. The van der Waals surface area contributed by atoms with Crippen LogP contribution in [0.5, 0.6) is 0 Å². The quantitative estimate of drug-likeness (QED) is 0.425. The van der Waals surface area contributed by atoms with Crippen LogP contribution in [0.15, 0.2) is 4.76 Å². The van der Waals surface area contributed by atoms with Gasteiger partial charge in [-0.1, -0.05) is 0 Å². The lowest BCUT2D eigenvalue weighted by molar-refractivity contribution is 0.0421. The number of guanidine groups is 1. The third-order valence-corrected chi connectivity index (χ3v) is 4.61. The Morgan fingerprint density at radius 2 is 1.35 bits per heavy atom. The third-order valence-electron chi connectivity index (χ3n) is 3.26. The van der Waals surface area contributed by atoms with Crippen LogP contribution in [0, 0.1) is 0 Å². The molecular formula is C11H22N3O5P. The number of hydrogen-bond acceptors (Lipinski definition) is 5. The van der Waals surface area contributed by atoms with E-state index in [0.717, 1.165) is 0 Å². The molecule has 0 bridgehead atoms. The molecular weight excluding hydrogens is 285 g/mol. The van der Waals surface area contributed by atoms with E-state index >= 15 is 0 Å². The molecule has 2 rings (SSSR count). The van der Waals surface area contributed by atoms with Gasteiger partial charge in [0.05, 0.1) is 26.4 Å². The monoisotopic (exact) mass is 307 g/mol. The van der Waals surface area contributed by atoms with Crippen LogP contribution in [0.4, 0.5) is 0 Å². The second kappa shape index (κ2) is 7.38. The molecule has 0 saturated carbocycles. The summed E-state index contributed by atoms with van der Waals surface area (Å²) >= 11 is 0. The second-order valence-corrected chi connectivity index (χ2v) is 6.30. The number of rotatable bonds is 3. The maximum Gasteiger partial charge on any atom is 0.456 e. The first-order valence-corrected chi connectivity index (χ1v) is 8.15. The lowest BCUT2D eigenvalue weighted by Gasteiger charge is -2.38. The fourth-order valence-electron chi connectivity index (χ4n) is 2.12. The molecule has 2 fully saturated rings. The van der Waals surface area contributed by atoms with Crippen molar-refractivity contribution in [3.05, 3.63) is 0 Å². The first-order chi connectivity index (χ1) is 9.68. The first-order valence-electron chi connectivity index (χ1n) is 6.65. The van der Waals surface area contributed by atoms with Gasteiger partial charge >= 0.3 is 7.75 Å². The van der Waals surface area contributed by atoms with Crippen LogP contribution < -0.4 is 0 Å². The molecule has 8 nitrogen and oxygen atoms in total. The van der Waals surface area contributed by atoms with Gasteiger partial charge in [-0.3, -0.25) is 9.05 Å². The molecule has 0 aromatic rings. The van der Waals surface area contributed by atoms with Gasteiger partial charge in [0, 0.05) is 40.4 Å². The Morgan fingerprint density at radius 1 is 0.950 bits per heavy atom. The molecule has 0 amide bonds. The summed E-state index contributed by atoms with van der Waals surface area (Å²) in [5, 5.41) is 0. The van der Waals surface area contributed by atoms with Gasteiger partial charge in [0.2, 0.25) is 5.96 Å². The Kier molecular flexibility index (Phi) is 5.80. The van der Waals surface area contributed by atoms with Crippen LogP contribution in [-0.4, -0.2) is 82.6 Å². The van der Waals surface area contributed by atoms with Crippen LogP contribution in [0.25, 0.3) is 0 Å². The normalized spacial score (nSPS) is 20.9. The highest BCUT2D eigenvalue weighted by Gasteiger charge is 2.28. The van der Waals surface area contributed by atoms with E-state index in [0.29, 0.717) is 58.6 Å². The number of ether oxygens (including phenoxy) is 2. The SMILES string of the molecule is COP(=O)(N=C(N1CCOCC1)N1CCOCC1)OC. The summed E-state index contributed by atoms with van der Waals surface area (Å²) in [6.45, 7) is 5.38. The zero-order chi connectivity index (χ0) is 14.4. The van der Waals surface area contributed by atoms with Crippen molar-refractivity contribution in [1.82, 2.24) is 9.80 Å². The van der Waals surface area contributed by atoms with Crippen LogP contribution >= 0.6 is 7.75 Å². The van der Waals surface area contributed by atoms with Gasteiger partial charge in [-0.05, 0) is 0 Å². The maximum absolute atomic E-state index is 12.3. The predicted octanol–water partition coefficient (Wildman–Crippen LogP) is 0.408. The fraction of sp³-hybridized carbons (Fsp3) is 0.909. The van der Waals surface area contributed by atoms with Crippen molar-refractivity contribution in [2.75, 3.05) is 66.8 Å². The summed E-state index contributed by atoms with van der Waals surface area (Å²) in [7, 11) is -0.773. The van der Waals surface area contributed by atoms with Crippen molar-refractivity contribution in [3.8, 4) is 0 Å². The molecule has 2 heterocycles. The van der Waals surface area contributed by atoms with Gasteiger partial charge in [-0.15, -0.1) is 4.76 Å². The largest absolute Gasteiger partial charge is 0.456 e. The van der Waals surface area contributed by atoms with Crippen molar-refractivity contribution in [2.45, 2.75) is 0 Å². The molecule has 0 aromatic heterocycles. The molecule has 20 heavy (non-hydrogen) atoms. The van der Waals surface area contributed by atoms with E-state index in [4.69, 9.17) is 18.5 Å². The van der Waals surface area contributed by atoms with Crippen LogP contribution in [0.1, 0.15) is 0 Å². The van der Waals surface area contributed by atoms with Crippen molar-refractivity contribution in [1.29, 1.82) is 0 Å². The van der Waals surface area contributed by atoms with E-state index in [1.807, 2.05) is 0 Å². The van der Waals surface area contributed by atoms with Crippen molar-refractivity contribution < 1.29 is 23.1 Å². The first kappa shape index (κ1) is 15.7. The van der Waals surface area contributed by atoms with Crippen molar-refractivity contribution in [3.63, 3.8) is 0 Å².